The van der Waals surface area contributed by atoms with Crippen molar-refractivity contribution in [3.63, 3.8) is 0 Å². The zero-order valence-electron chi connectivity index (χ0n) is 24.8. The van der Waals surface area contributed by atoms with Crippen molar-refractivity contribution in [2.75, 3.05) is 18.0 Å². The van der Waals surface area contributed by atoms with Crippen molar-refractivity contribution in [2.45, 2.75) is 65.5 Å². The number of nitrogens with zero attached hydrogens (tertiary/aromatic N) is 6. The molecule has 1 aliphatic carbocycles. The second-order valence-corrected chi connectivity index (χ2v) is 13.0. The Balaban J connectivity index is 1.65. The van der Waals surface area contributed by atoms with Crippen LogP contribution in [0.4, 0.5) is 15.0 Å². The van der Waals surface area contributed by atoms with E-state index < -0.39 is 23.0 Å². The van der Waals surface area contributed by atoms with Gasteiger partial charge in [-0.1, -0.05) is 44.5 Å². The first-order chi connectivity index (χ1) is 20.4. The lowest BCUT2D eigenvalue weighted by molar-refractivity contribution is 0.0562. The van der Waals surface area contributed by atoms with E-state index in [1.807, 2.05) is 45.6 Å². The standard InChI is InChI=1S/C32H34ClFN6O3/c1-17-12-13-35-24(19-10-11-19)26(17)40-29-21(16-22(33)25(36-29)20-8-6-7-9-23(20)34)28(37-30(40)41)38-14-15-39(31(42)43)27(18(38)2)32(3,4)5/h6-9,12-13,16,18-19,27H,10-11,14-15H2,1-5H3,(H,42,43). The Labute approximate surface area is 254 Å². The first kappa shape index (κ1) is 29.0. The predicted octanol–water partition coefficient (Wildman–Crippen LogP) is 6.42. The predicted molar refractivity (Wildman–Crippen MR) is 165 cm³/mol. The summed E-state index contributed by atoms with van der Waals surface area (Å²) in [6, 6.07) is 9.07. The average Bonchev–Trinajstić information content (AvgIpc) is 3.78. The molecule has 3 aromatic heterocycles. The molecule has 43 heavy (non-hydrogen) atoms. The van der Waals surface area contributed by atoms with Gasteiger partial charge in [-0.05, 0) is 61.9 Å². The summed E-state index contributed by atoms with van der Waals surface area (Å²) >= 11 is 6.82. The fourth-order valence-electron chi connectivity index (χ4n) is 6.58. The van der Waals surface area contributed by atoms with Gasteiger partial charge >= 0.3 is 11.8 Å². The van der Waals surface area contributed by atoms with Gasteiger partial charge in [0.25, 0.3) is 0 Å². The Kier molecular flexibility index (Phi) is 7.15. The Morgan fingerprint density at radius 3 is 2.49 bits per heavy atom. The summed E-state index contributed by atoms with van der Waals surface area (Å²) in [6.07, 6.45) is 2.70. The van der Waals surface area contributed by atoms with E-state index in [0.717, 1.165) is 24.1 Å². The molecule has 1 amide bonds. The fourth-order valence-corrected chi connectivity index (χ4v) is 6.83. The van der Waals surface area contributed by atoms with Crippen LogP contribution >= 0.6 is 11.6 Å². The normalized spacial score (nSPS) is 19.2. The summed E-state index contributed by atoms with van der Waals surface area (Å²) in [5, 5.41) is 10.7. The summed E-state index contributed by atoms with van der Waals surface area (Å²) in [4.78, 5) is 44.0. The van der Waals surface area contributed by atoms with Crippen LogP contribution < -0.4 is 10.6 Å². The zero-order valence-corrected chi connectivity index (χ0v) is 25.6. The van der Waals surface area contributed by atoms with Crippen molar-refractivity contribution in [2.24, 2.45) is 5.41 Å². The van der Waals surface area contributed by atoms with E-state index in [0.29, 0.717) is 23.4 Å². The number of rotatable bonds is 4. The lowest BCUT2D eigenvalue weighted by Gasteiger charge is -2.51. The van der Waals surface area contributed by atoms with Gasteiger partial charge in [-0.2, -0.15) is 4.98 Å². The monoisotopic (exact) mass is 604 g/mol. The number of anilines is 1. The van der Waals surface area contributed by atoms with Crippen LogP contribution in [0.5, 0.6) is 0 Å². The molecule has 1 saturated heterocycles. The molecule has 1 aliphatic heterocycles. The number of carboxylic acid groups (broad SMARTS) is 1. The third-order valence-electron chi connectivity index (χ3n) is 8.54. The van der Waals surface area contributed by atoms with Crippen LogP contribution in [0.15, 0.2) is 47.4 Å². The highest BCUT2D eigenvalue weighted by Crippen LogP contribution is 2.43. The minimum absolute atomic E-state index is 0.209. The second kappa shape index (κ2) is 10.6. The number of carbonyl (C=O) groups is 1. The van der Waals surface area contributed by atoms with Gasteiger partial charge in [-0.25, -0.2) is 23.5 Å². The van der Waals surface area contributed by atoms with Crippen LogP contribution in [-0.4, -0.2) is 60.8 Å². The van der Waals surface area contributed by atoms with E-state index in [-0.39, 0.29) is 46.5 Å². The number of halogens is 2. The van der Waals surface area contributed by atoms with Crippen molar-refractivity contribution in [3.8, 4) is 16.9 Å². The smallest absolute Gasteiger partial charge is 0.407 e. The Morgan fingerprint density at radius 2 is 1.84 bits per heavy atom. The number of aromatic nitrogens is 4. The molecule has 1 N–H and O–H groups in total. The van der Waals surface area contributed by atoms with Gasteiger partial charge in [-0.3, -0.25) is 4.98 Å². The highest BCUT2D eigenvalue weighted by molar-refractivity contribution is 6.33. The number of piperazine rings is 1. The molecule has 2 atom stereocenters. The Hall–Kier alpha value is -4.05. The van der Waals surface area contributed by atoms with Crippen LogP contribution in [0.3, 0.4) is 0 Å². The van der Waals surface area contributed by atoms with Gasteiger partial charge in [-0.15, -0.1) is 0 Å². The maximum Gasteiger partial charge on any atom is 0.407 e. The quantitative estimate of drug-likeness (QED) is 0.286. The molecule has 0 radical (unpaired) electrons. The van der Waals surface area contributed by atoms with E-state index in [1.54, 1.807) is 30.5 Å². The molecule has 2 aliphatic rings. The summed E-state index contributed by atoms with van der Waals surface area (Å²) in [6.45, 7) is 10.4. The molecule has 9 nitrogen and oxygen atoms in total. The molecule has 0 bridgehead atoms. The van der Waals surface area contributed by atoms with Crippen molar-refractivity contribution in [1.82, 2.24) is 24.4 Å². The zero-order chi connectivity index (χ0) is 30.8. The first-order valence-corrected chi connectivity index (χ1v) is 14.9. The molecule has 4 aromatic rings. The van der Waals surface area contributed by atoms with E-state index >= 15 is 4.39 Å². The van der Waals surface area contributed by atoms with Crippen molar-refractivity contribution in [1.29, 1.82) is 0 Å². The van der Waals surface area contributed by atoms with Crippen LogP contribution in [0.25, 0.3) is 28.0 Å². The largest absolute Gasteiger partial charge is 0.465 e. The molecule has 2 fully saturated rings. The number of fused-ring (bicyclic) bond motifs is 1. The van der Waals surface area contributed by atoms with Gasteiger partial charge in [0.1, 0.15) is 11.6 Å². The molecular weight excluding hydrogens is 571 g/mol. The van der Waals surface area contributed by atoms with Crippen molar-refractivity contribution >= 4 is 34.5 Å². The maximum absolute atomic E-state index is 15.0. The number of benzene rings is 1. The molecule has 4 heterocycles. The van der Waals surface area contributed by atoms with Gasteiger partial charge in [0.05, 0.1) is 33.5 Å². The summed E-state index contributed by atoms with van der Waals surface area (Å²) in [7, 11) is 0. The summed E-state index contributed by atoms with van der Waals surface area (Å²) < 4.78 is 16.5. The minimum atomic E-state index is -0.987. The number of amides is 1. The van der Waals surface area contributed by atoms with Gasteiger partial charge < -0.3 is 14.9 Å². The van der Waals surface area contributed by atoms with Crippen LogP contribution in [0, 0.1) is 18.2 Å². The second-order valence-electron chi connectivity index (χ2n) is 12.6. The minimum Gasteiger partial charge on any atom is -0.465 e. The lowest BCUT2D eigenvalue weighted by atomic mass is 9.80. The van der Waals surface area contributed by atoms with Gasteiger partial charge in [0.15, 0.2) is 5.65 Å². The highest BCUT2D eigenvalue weighted by atomic mass is 35.5. The maximum atomic E-state index is 15.0. The molecule has 0 spiro atoms. The molecule has 6 rings (SSSR count). The Bertz CT molecular complexity index is 1820. The SMILES string of the molecule is Cc1ccnc(C2CC2)c1-n1c(=O)nc(N2CCN(C(=O)O)C(C(C)(C)C)C2C)c2cc(Cl)c(-c3ccccc3F)nc21. The van der Waals surface area contributed by atoms with E-state index in [4.69, 9.17) is 16.6 Å². The number of hydrogen-bond acceptors (Lipinski definition) is 6. The van der Waals surface area contributed by atoms with E-state index in [9.17, 15) is 14.7 Å². The first-order valence-electron chi connectivity index (χ1n) is 14.5. The lowest BCUT2D eigenvalue weighted by Crippen LogP contribution is -2.64. The van der Waals surface area contributed by atoms with Crippen LogP contribution in [-0.2, 0) is 0 Å². The number of hydrogen-bond donors (Lipinski definition) is 1. The highest BCUT2D eigenvalue weighted by Gasteiger charge is 2.44. The van der Waals surface area contributed by atoms with Crippen molar-refractivity contribution in [3.05, 3.63) is 75.2 Å². The molecule has 1 saturated carbocycles. The third kappa shape index (κ3) is 5.01. The molecule has 2 unspecified atom stereocenters. The van der Waals surface area contributed by atoms with Gasteiger partial charge in [0, 0.05) is 36.8 Å². The number of aryl methyl sites for hydroxylation is 1. The van der Waals surface area contributed by atoms with Crippen LogP contribution in [0.2, 0.25) is 5.02 Å². The molecule has 1 aromatic carbocycles. The van der Waals surface area contributed by atoms with Crippen molar-refractivity contribution < 1.29 is 14.3 Å². The molecular formula is C32H34ClFN6O3. The molecule has 224 valence electrons. The Morgan fingerprint density at radius 1 is 1.12 bits per heavy atom. The number of pyridine rings is 2. The van der Waals surface area contributed by atoms with Crippen LogP contribution in [0.1, 0.15) is 57.7 Å². The third-order valence-corrected chi connectivity index (χ3v) is 8.83. The summed E-state index contributed by atoms with van der Waals surface area (Å²) in [5.41, 5.74) is 2.04. The summed E-state index contributed by atoms with van der Waals surface area (Å²) in [5.74, 6) is 0.112. The fraction of sp³-hybridized carbons (Fsp3) is 0.406. The van der Waals surface area contributed by atoms with E-state index in [2.05, 4.69) is 9.97 Å². The molecule has 11 heteroatoms. The average molecular weight is 605 g/mol. The van der Waals surface area contributed by atoms with Gasteiger partial charge in [0.2, 0.25) is 0 Å². The topological polar surface area (TPSA) is 104 Å². The van der Waals surface area contributed by atoms with E-state index in [1.165, 1.54) is 15.5 Å².